The summed E-state index contributed by atoms with van der Waals surface area (Å²) in [5.74, 6) is 0. The maximum Gasteiger partial charge on any atom is 3.00 e. The Morgan fingerprint density at radius 1 is 1.67 bits per heavy atom. The number of hydrogen-bond acceptors (Lipinski definition) is 2. The third-order valence-electron chi connectivity index (χ3n) is 0. The zero-order chi connectivity index (χ0) is 3.58. The molecule has 0 unspecified atom stereocenters. The molecule has 6 heavy (non-hydrogen) atoms. The molecule has 0 rings (SSSR count). The van der Waals surface area contributed by atoms with Crippen LogP contribution in [0.1, 0.15) is 0 Å². The summed E-state index contributed by atoms with van der Waals surface area (Å²) in [6, 6.07) is 0. The molecule has 0 aromatic rings. The first-order valence-corrected chi connectivity index (χ1v) is 0.565. The summed E-state index contributed by atoms with van der Waals surface area (Å²) in [5, 5.41) is 13.6. The Morgan fingerprint density at radius 2 is 1.67 bits per heavy atom. The van der Waals surface area contributed by atoms with E-state index in [9.17, 15) is 0 Å². The molecule has 6 heteroatoms. The van der Waals surface area contributed by atoms with E-state index < -0.39 is 5.09 Å². The van der Waals surface area contributed by atoms with Gasteiger partial charge in [0, 0.05) is 0 Å². The van der Waals surface area contributed by atoms with Crippen molar-refractivity contribution in [3.05, 3.63) is 10.1 Å². The Morgan fingerprint density at radius 3 is 1.67 bits per heavy atom. The van der Waals surface area contributed by atoms with Gasteiger partial charge in [-0.1, -0.05) is 0 Å². The Balaban J connectivity index is -0.0000000450. The van der Waals surface area contributed by atoms with Crippen LogP contribution in [0, 0.1) is 10.1 Å². The van der Waals surface area contributed by atoms with Gasteiger partial charge in [-0.3, -0.25) is 0 Å². The van der Waals surface area contributed by atoms with Crippen molar-refractivity contribution in [1.29, 1.82) is 0 Å². The molecule has 0 amide bonds. The normalized spacial score (nSPS) is 4.00. The van der Waals surface area contributed by atoms with Crippen molar-refractivity contribution in [3.63, 3.8) is 0 Å². The van der Waals surface area contributed by atoms with Crippen molar-refractivity contribution in [2.24, 2.45) is 0 Å². The minimum atomic E-state index is -1.50. The first kappa shape index (κ1) is 17.3. The van der Waals surface area contributed by atoms with Crippen LogP contribution >= 0.6 is 0 Å². The second-order valence-electron chi connectivity index (χ2n) is 0.238. The number of hydrogen-bond donors (Lipinski definition) is 1. The van der Waals surface area contributed by atoms with Crippen LogP contribution in [0.3, 0.4) is 0 Å². The van der Waals surface area contributed by atoms with Crippen molar-refractivity contribution < 1.29 is 32.8 Å². The van der Waals surface area contributed by atoms with Crippen molar-refractivity contribution >= 4 is 0 Å². The van der Waals surface area contributed by atoms with Gasteiger partial charge in [-0.25, -0.2) is 0 Å². The third kappa shape index (κ3) is 257. The minimum Gasteiger partial charge on any atom is -0.412 e. The maximum atomic E-state index is 8.36. The van der Waals surface area contributed by atoms with E-state index in [1.807, 2.05) is 0 Å². The van der Waals surface area contributed by atoms with Crippen LogP contribution in [0.15, 0.2) is 0 Å². The van der Waals surface area contributed by atoms with E-state index in [2.05, 4.69) is 0 Å². The van der Waals surface area contributed by atoms with Crippen LogP contribution in [0.5, 0.6) is 0 Å². The van der Waals surface area contributed by atoms with Gasteiger partial charge in [-0.2, -0.15) is 0 Å². The first-order valence-electron chi connectivity index (χ1n) is 0.565. The van der Waals surface area contributed by atoms with Crippen molar-refractivity contribution in [2.45, 2.75) is 0 Å². The summed E-state index contributed by atoms with van der Waals surface area (Å²) >= 11 is 0. The zero-order valence-corrected chi connectivity index (χ0v) is 3.67. The molecule has 0 aromatic heterocycles. The van der Waals surface area contributed by atoms with E-state index in [-0.39, 0.29) is 22.5 Å². The van der Waals surface area contributed by atoms with Crippen molar-refractivity contribution in [3.8, 4) is 0 Å². The maximum absolute atomic E-state index is 8.36. The molecule has 1 radical (unpaired) electrons. The van der Waals surface area contributed by atoms with E-state index in [1.165, 1.54) is 0 Å². The molecule has 0 aliphatic heterocycles. The Kier molecular flexibility index (Phi) is 25.5. The average Bonchev–Trinajstić information content (AvgIpc) is 0.811. The van der Waals surface area contributed by atoms with Crippen molar-refractivity contribution in [2.75, 3.05) is 0 Å². The average molecular weight is 137 g/mol. The van der Waals surface area contributed by atoms with Gasteiger partial charge in [-0.15, -0.1) is 10.1 Å². The molecule has 0 heterocycles. The number of rotatable bonds is 0. The standard InChI is InChI=1S/Fe.HNO3.H2O/c;2-1(3)4;/h;(H,2,3,4);1H2/q+3;;. The van der Waals surface area contributed by atoms with Gasteiger partial charge in [0.2, 0.25) is 0 Å². The minimum absolute atomic E-state index is 0. The van der Waals surface area contributed by atoms with Crippen molar-refractivity contribution in [1.82, 2.24) is 0 Å². The first-order chi connectivity index (χ1) is 1.73. The van der Waals surface area contributed by atoms with E-state index >= 15 is 0 Å². The SMILES string of the molecule is O.O=[N+]([O-])O.[Fe+3]. The second kappa shape index (κ2) is 8.82. The smallest absolute Gasteiger partial charge is 0.412 e. The van der Waals surface area contributed by atoms with Gasteiger partial charge >= 0.3 is 17.1 Å². The summed E-state index contributed by atoms with van der Waals surface area (Å²) in [5.41, 5.74) is 0. The van der Waals surface area contributed by atoms with Gasteiger partial charge in [0.05, 0.1) is 0 Å². The molecule has 0 saturated carbocycles. The molecule has 0 aromatic carbocycles. The van der Waals surface area contributed by atoms with Gasteiger partial charge in [0.15, 0.2) is 0 Å². The van der Waals surface area contributed by atoms with E-state index in [1.54, 1.807) is 0 Å². The molecule has 5 nitrogen and oxygen atoms in total. The monoisotopic (exact) mass is 137 g/mol. The summed E-state index contributed by atoms with van der Waals surface area (Å²) in [7, 11) is 0. The van der Waals surface area contributed by atoms with Gasteiger partial charge in [0.1, 0.15) is 0 Å². The third-order valence-corrected chi connectivity index (χ3v) is 0. The summed E-state index contributed by atoms with van der Waals surface area (Å²) in [6.45, 7) is 0. The fourth-order valence-corrected chi connectivity index (χ4v) is 0. The molecule has 0 bridgehead atoms. The van der Waals surface area contributed by atoms with Crippen LogP contribution in [-0.2, 0) is 17.1 Å². The molecular formula is H3FeNO4+3. The number of nitrogens with zero attached hydrogens (tertiary/aromatic N) is 1. The zero-order valence-electron chi connectivity index (χ0n) is 2.56. The Hall–Kier alpha value is -0.321. The van der Waals surface area contributed by atoms with Crippen LogP contribution in [0.2, 0.25) is 0 Å². The summed E-state index contributed by atoms with van der Waals surface area (Å²) in [4.78, 5) is 8.36. The molecule has 0 saturated heterocycles. The quantitative estimate of drug-likeness (QED) is 0.258. The largest absolute Gasteiger partial charge is 3.00 e. The second-order valence-corrected chi connectivity index (χ2v) is 0.238. The molecular weight excluding hydrogens is 134 g/mol. The van der Waals surface area contributed by atoms with E-state index in [0.29, 0.717) is 0 Å². The van der Waals surface area contributed by atoms with Crippen LogP contribution in [0.25, 0.3) is 0 Å². The van der Waals surface area contributed by atoms with Gasteiger partial charge in [0.25, 0.3) is 5.09 Å². The molecule has 3 N–H and O–H groups in total. The van der Waals surface area contributed by atoms with E-state index in [0.717, 1.165) is 0 Å². The molecule has 0 atom stereocenters. The summed E-state index contributed by atoms with van der Waals surface area (Å²) < 4.78 is 0. The van der Waals surface area contributed by atoms with Gasteiger partial charge < -0.3 is 10.7 Å². The molecule has 0 spiro atoms. The molecule has 37 valence electrons. The van der Waals surface area contributed by atoms with Gasteiger partial charge in [-0.05, 0) is 0 Å². The molecule has 0 aliphatic carbocycles. The Labute approximate surface area is 43.9 Å². The van der Waals surface area contributed by atoms with Crippen LogP contribution < -0.4 is 0 Å². The molecule has 0 fully saturated rings. The van der Waals surface area contributed by atoms with E-state index in [4.69, 9.17) is 15.3 Å². The topological polar surface area (TPSA) is 94.9 Å². The summed E-state index contributed by atoms with van der Waals surface area (Å²) in [6.07, 6.45) is 0. The fraction of sp³-hybridized carbons (Fsp3) is 0. The Bertz CT molecular complexity index is 30.5. The van der Waals surface area contributed by atoms with Crippen LogP contribution in [0.4, 0.5) is 0 Å². The predicted octanol–water partition coefficient (Wildman–Crippen LogP) is -1.17. The fourth-order valence-electron chi connectivity index (χ4n) is 0. The van der Waals surface area contributed by atoms with Crippen LogP contribution in [-0.4, -0.2) is 15.8 Å². The predicted molar refractivity (Wildman–Crippen MR) is 12.4 cm³/mol. The molecule has 0 aliphatic rings.